The van der Waals surface area contributed by atoms with Crippen molar-refractivity contribution in [3.8, 4) is 0 Å². The number of carbonyl (C=O) groups is 1. The zero-order valence-electron chi connectivity index (χ0n) is 11.3. The Labute approximate surface area is 112 Å². The normalized spacial score (nSPS) is 10.8. The van der Waals surface area contributed by atoms with Crippen LogP contribution in [0.1, 0.15) is 32.3 Å². The lowest BCUT2D eigenvalue weighted by Gasteiger charge is -2.14. The second-order valence-corrected chi connectivity index (χ2v) is 4.43. The van der Waals surface area contributed by atoms with E-state index in [0.717, 1.165) is 25.0 Å². The first kappa shape index (κ1) is 15.6. The minimum Gasteiger partial charge on any atom is -0.352 e. The van der Waals surface area contributed by atoms with Crippen LogP contribution in [0.4, 0.5) is 8.78 Å². The summed E-state index contributed by atoms with van der Waals surface area (Å²) < 4.78 is 25.7. The molecule has 0 heterocycles. The molecule has 19 heavy (non-hydrogen) atoms. The number of benzene rings is 1. The molecule has 0 spiro atoms. The molecule has 0 aromatic heterocycles. The second-order valence-electron chi connectivity index (χ2n) is 4.43. The van der Waals surface area contributed by atoms with Crippen LogP contribution in [-0.2, 0) is 11.3 Å². The molecule has 1 aromatic rings. The van der Waals surface area contributed by atoms with Crippen LogP contribution in [0.2, 0.25) is 0 Å². The lowest BCUT2D eigenvalue weighted by atomic mass is 10.2. The lowest BCUT2D eigenvalue weighted by Crippen LogP contribution is -2.39. The van der Waals surface area contributed by atoms with Gasteiger partial charge in [0.05, 0.1) is 6.54 Å². The van der Waals surface area contributed by atoms with Gasteiger partial charge >= 0.3 is 0 Å². The molecule has 106 valence electrons. The third-order valence-corrected chi connectivity index (χ3v) is 2.95. The van der Waals surface area contributed by atoms with Crippen LogP contribution in [0.15, 0.2) is 18.2 Å². The van der Waals surface area contributed by atoms with Crippen molar-refractivity contribution >= 4 is 5.91 Å². The van der Waals surface area contributed by atoms with E-state index in [4.69, 9.17) is 0 Å². The summed E-state index contributed by atoms with van der Waals surface area (Å²) in [6.45, 7) is 4.52. The molecule has 3 nitrogen and oxygen atoms in total. The maximum atomic E-state index is 12.9. The Morgan fingerprint density at radius 3 is 2.47 bits per heavy atom. The first-order valence-corrected chi connectivity index (χ1v) is 6.50. The van der Waals surface area contributed by atoms with Crippen molar-refractivity contribution in [1.29, 1.82) is 0 Å². The van der Waals surface area contributed by atoms with E-state index in [1.165, 1.54) is 6.07 Å². The van der Waals surface area contributed by atoms with E-state index >= 15 is 0 Å². The molecule has 0 bridgehead atoms. The third-order valence-electron chi connectivity index (χ3n) is 2.95. The van der Waals surface area contributed by atoms with Crippen molar-refractivity contribution in [3.63, 3.8) is 0 Å². The highest BCUT2D eigenvalue weighted by Crippen LogP contribution is 2.08. The Hall–Kier alpha value is -1.49. The van der Waals surface area contributed by atoms with E-state index in [1.807, 2.05) is 13.8 Å². The van der Waals surface area contributed by atoms with Gasteiger partial charge in [0.2, 0.25) is 5.91 Å². The quantitative estimate of drug-likeness (QED) is 0.798. The number of hydrogen-bond acceptors (Lipinski definition) is 2. The average Bonchev–Trinajstić information content (AvgIpc) is 2.40. The van der Waals surface area contributed by atoms with E-state index < -0.39 is 11.6 Å². The van der Waals surface area contributed by atoms with Crippen LogP contribution in [0.5, 0.6) is 0 Å². The van der Waals surface area contributed by atoms with E-state index in [0.29, 0.717) is 12.1 Å². The molecule has 1 aromatic carbocycles. The van der Waals surface area contributed by atoms with Gasteiger partial charge in [-0.2, -0.15) is 0 Å². The van der Waals surface area contributed by atoms with Gasteiger partial charge in [-0.15, -0.1) is 0 Å². The molecule has 0 aliphatic heterocycles. The van der Waals surface area contributed by atoms with Crippen LogP contribution >= 0.6 is 0 Å². The average molecular weight is 270 g/mol. The minimum atomic E-state index is -0.874. The molecule has 1 amide bonds. The summed E-state index contributed by atoms with van der Waals surface area (Å²) in [5, 5.41) is 5.79. The van der Waals surface area contributed by atoms with E-state index in [2.05, 4.69) is 10.6 Å². The molecule has 0 saturated heterocycles. The SMILES string of the molecule is CCC(CC)NC(=O)CNCc1ccc(F)c(F)c1. The Morgan fingerprint density at radius 2 is 1.89 bits per heavy atom. The predicted molar refractivity (Wildman–Crippen MR) is 70.6 cm³/mol. The standard InChI is InChI=1S/C14H20F2N2O/c1-3-11(4-2)18-14(19)9-17-8-10-5-6-12(15)13(16)7-10/h5-7,11,17H,3-4,8-9H2,1-2H3,(H,18,19). The number of amides is 1. The largest absolute Gasteiger partial charge is 0.352 e. The van der Waals surface area contributed by atoms with Crippen LogP contribution in [0.3, 0.4) is 0 Å². The lowest BCUT2D eigenvalue weighted by molar-refractivity contribution is -0.121. The molecule has 0 radical (unpaired) electrons. The summed E-state index contributed by atoms with van der Waals surface area (Å²) in [6, 6.07) is 3.89. The number of hydrogen-bond donors (Lipinski definition) is 2. The molecular formula is C14H20F2N2O. The smallest absolute Gasteiger partial charge is 0.234 e. The van der Waals surface area contributed by atoms with Gasteiger partial charge in [0.1, 0.15) is 0 Å². The zero-order valence-corrected chi connectivity index (χ0v) is 11.3. The third kappa shape index (κ3) is 5.34. The van der Waals surface area contributed by atoms with Gasteiger partial charge in [0.25, 0.3) is 0 Å². The van der Waals surface area contributed by atoms with Gasteiger partial charge in [-0.3, -0.25) is 4.79 Å². The maximum Gasteiger partial charge on any atom is 0.234 e. The second kappa shape index (κ2) is 7.84. The molecule has 0 fully saturated rings. The van der Waals surface area contributed by atoms with Gasteiger partial charge in [-0.25, -0.2) is 8.78 Å². The summed E-state index contributed by atoms with van der Waals surface area (Å²) in [4.78, 5) is 11.6. The Bertz CT molecular complexity index is 420. The van der Waals surface area contributed by atoms with Crippen LogP contribution in [0.25, 0.3) is 0 Å². The molecule has 0 atom stereocenters. The van der Waals surface area contributed by atoms with Crippen molar-refractivity contribution in [2.45, 2.75) is 39.3 Å². The molecule has 0 aliphatic carbocycles. The highest BCUT2D eigenvalue weighted by molar-refractivity contribution is 5.78. The van der Waals surface area contributed by atoms with Crippen molar-refractivity contribution in [3.05, 3.63) is 35.4 Å². The van der Waals surface area contributed by atoms with Gasteiger partial charge in [0, 0.05) is 12.6 Å². The highest BCUT2D eigenvalue weighted by atomic mass is 19.2. The van der Waals surface area contributed by atoms with Crippen molar-refractivity contribution < 1.29 is 13.6 Å². The van der Waals surface area contributed by atoms with Crippen molar-refractivity contribution in [2.24, 2.45) is 0 Å². The van der Waals surface area contributed by atoms with E-state index in [-0.39, 0.29) is 18.5 Å². The number of carbonyl (C=O) groups excluding carboxylic acids is 1. The summed E-state index contributed by atoms with van der Waals surface area (Å²) >= 11 is 0. The number of nitrogens with one attached hydrogen (secondary N) is 2. The number of halogens is 2. The van der Waals surface area contributed by atoms with E-state index in [1.54, 1.807) is 0 Å². The van der Waals surface area contributed by atoms with Gasteiger partial charge in [0.15, 0.2) is 11.6 Å². The Balaban J connectivity index is 2.33. The first-order valence-electron chi connectivity index (χ1n) is 6.50. The summed E-state index contributed by atoms with van der Waals surface area (Å²) in [5.74, 6) is -1.83. The Morgan fingerprint density at radius 1 is 1.21 bits per heavy atom. The predicted octanol–water partition coefficient (Wildman–Crippen LogP) is 2.36. The number of rotatable bonds is 7. The topological polar surface area (TPSA) is 41.1 Å². The maximum absolute atomic E-state index is 12.9. The monoisotopic (exact) mass is 270 g/mol. The fraction of sp³-hybridized carbons (Fsp3) is 0.500. The molecule has 5 heteroatoms. The van der Waals surface area contributed by atoms with Crippen molar-refractivity contribution in [2.75, 3.05) is 6.54 Å². The molecule has 1 rings (SSSR count). The molecule has 2 N–H and O–H groups in total. The highest BCUT2D eigenvalue weighted by Gasteiger charge is 2.08. The first-order chi connectivity index (χ1) is 9.06. The fourth-order valence-electron chi connectivity index (χ4n) is 1.74. The fourth-order valence-corrected chi connectivity index (χ4v) is 1.74. The van der Waals surface area contributed by atoms with Gasteiger partial charge in [-0.05, 0) is 30.5 Å². The zero-order chi connectivity index (χ0) is 14.3. The van der Waals surface area contributed by atoms with Gasteiger partial charge < -0.3 is 10.6 Å². The van der Waals surface area contributed by atoms with Crippen LogP contribution in [-0.4, -0.2) is 18.5 Å². The molecule has 0 unspecified atom stereocenters. The van der Waals surface area contributed by atoms with E-state index in [9.17, 15) is 13.6 Å². The van der Waals surface area contributed by atoms with Crippen LogP contribution in [0, 0.1) is 11.6 Å². The summed E-state index contributed by atoms with van der Waals surface area (Å²) in [7, 11) is 0. The van der Waals surface area contributed by atoms with Crippen LogP contribution < -0.4 is 10.6 Å². The molecular weight excluding hydrogens is 250 g/mol. The van der Waals surface area contributed by atoms with Gasteiger partial charge in [-0.1, -0.05) is 19.9 Å². The Kier molecular flexibility index (Phi) is 6.42. The van der Waals surface area contributed by atoms with Crippen molar-refractivity contribution in [1.82, 2.24) is 10.6 Å². The minimum absolute atomic E-state index is 0.0868. The molecule has 0 aliphatic rings. The molecule has 0 saturated carbocycles. The summed E-state index contributed by atoms with van der Waals surface area (Å²) in [6.07, 6.45) is 1.79. The summed E-state index contributed by atoms with van der Waals surface area (Å²) in [5.41, 5.74) is 0.606.